The number of nitrogens with zero attached hydrogens (tertiary/aromatic N) is 5. The van der Waals surface area contributed by atoms with E-state index in [2.05, 4.69) is 21.9 Å². The average Bonchev–Trinajstić information content (AvgIpc) is 3.05. The van der Waals surface area contributed by atoms with Crippen molar-refractivity contribution in [1.82, 2.24) is 19.7 Å². The molecule has 27 heavy (non-hydrogen) atoms. The number of aryl methyl sites for hydroxylation is 2. The lowest BCUT2D eigenvalue weighted by Crippen LogP contribution is -2.32. The third kappa shape index (κ3) is 3.14. The zero-order valence-corrected chi connectivity index (χ0v) is 15.6. The van der Waals surface area contributed by atoms with E-state index in [1.54, 1.807) is 12.1 Å². The lowest BCUT2D eigenvalue weighted by atomic mass is 10.1. The molecule has 4 rings (SSSR count). The van der Waals surface area contributed by atoms with Gasteiger partial charge in [0.15, 0.2) is 5.82 Å². The fourth-order valence-corrected chi connectivity index (χ4v) is 3.64. The molecule has 0 saturated carbocycles. The molecule has 140 valence electrons. The van der Waals surface area contributed by atoms with E-state index in [1.165, 1.54) is 5.69 Å². The first-order chi connectivity index (χ1) is 13.1. The molecule has 0 bridgehead atoms. The minimum absolute atomic E-state index is 0.0604. The van der Waals surface area contributed by atoms with Crippen molar-refractivity contribution < 1.29 is 10.2 Å². The summed E-state index contributed by atoms with van der Waals surface area (Å²) in [6, 6.07) is 9.05. The monoisotopic (exact) mass is 365 g/mol. The van der Waals surface area contributed by atoms with Gasteiger partial charge in [-0.2, -0.15) is 5.10 Å². The minimum Gasteiger partial charge on any atom is -0.507 e. The predicted octanol–water partition coefficient (Wildman–Crippen LogP) is 2.43. The summed E-state index contributed by atoms with van der Waals surface area (Å²) in [5.41, 5.74) is 4.49. The summed E-state index contributed by atoms with van der Waals surface area (Å²) in [6.45, 7) is 6.20. The van der Waals surface area contributed by atoms with Gasteiger partial charge < -0.3 is 15.1 Å². The van der Waals surface area contributed by atoms with Gasteiger partial charge in [-0.05, 0) is 26.0 Å². The summed E-state index contributed by atoms with van der Waals surface area (Å²) in [6.07, 6.45) is 0.852. The van der Waals surface area contributed by atoms with Gasteiger partial charge in [-0.1, -0.05) is 12.1 Å². The number of para-hydroxylation sites is 1. The maximum atomic E-state index is 10.2. The number of hydrogen-bond donors (Lipinski definition) is 2. The molecule has 0 fully saturated rings. The zero-order valence-electron chi connectivity index (χ0n) is 15.6. The minimum atomic E-state index is -0.0604. The highest BCUT2D eigenvalue weighted by molar-refractivity contribution is 5.65. The van der Waals surface area contributed by atoms with Crippen LogP contribution in [0.1, 0.15) is 29.6 Å². The summed E-state index contributed by atoms with van der Waals surface area (Å²) in [5, 5.41) is 24.4. The fraction of sp³-hybridized carbons (Fsp3) is 0.350. The summed E-state index contributed by atoms with van der Waals surface area (Å²) in [7, 11) is 0. The first kappa shape index (κ1) is 17.5. The van der Waals surface area contributed by atoms with Crippen LogP contribution in [-0.2, 0) is 26.1 Å². The van der Waals surface area contributed by atoms with Crippen molar-refractivity contribution >= 4 is 5.82 Å². The van der Waals surface area contributed by atoms with E-state index in [1.807, 2.05) is 29.8 Å². The van der Waals surface area contributed by atoms with Gasteiger partial charge in [-0.25, -0.2) is 9.97 Å². The number of phenolic OH excluding ortho intramolecular Hbond substituents is 1. The Kier molecular flexibility index (Phi) is 4.53. The topological polar surface area (TPSA) is 87.3 Å². The Balaban J connectivity index is 1.71. The Morgan fingerprint density at radius 3 is 2.74 bits per heavy atom. The van der Waals surface area contributed by atoms with Crippen molar-refractivity contribution in [1.29, 1.82) is 0 Å². The number of hydrogen-bond acceptors (Lipinski definition) is 6. The van der Waals surface area contributed by atoms with Crippen molar-refractivity contribution in [3.8, 4) is 17.1 Å². The molecule has 0 radical (unpaired) electrons. The third-order valence-corrected chi connectivity index (χ3v) is 4.98. The smallest absolute Gasteiger partial charge is 0.165 e. The lowest BCUT2D eigenvalue weighted by Gasteiger charge is -2.29. The standard InChI is InChI=1S/C20H23N5O2/c1-3-25-17-8-9-24(11-15(17)16(12-26)23-25)19-10-13(2)21-20(22-19)14-6-4-5-7-18(14)27/h4-7,10,26-27H,3,8-9,11-12H2,1-2H3. The second-order valence-corrected chi connectivity index (χ2v) is 6.73. The molecule has 7 nitrogen and oxygen atoms in total. The molecular weight excluding hydrogens is 342 g/mol. The average molecular weight is 365 g/mol. The maximum absolute atomic E-state index is 10.2. The Hall–Kier alpha value is -2.93. The Morgan fingerprint density at radius 1 is 1.19 bits per heavy atom. The van der Waals surface area contributed by atoms with Gasteiger partial charge in [0.05, 0.1) is 17.9 Å². The molecule has 3 aromatic rings. The number of aliphatic hydroxyl groups is 1. The van der Waals surface area contributed by atoms with Crippen LogP contribution in [0, 0.1) is 6.92 Å². The van der Waals surface area contributed by atoms with E-state index in [-0.39, 0.29) is 12.4 Å². The van der Waals surface area contributed by atoms with Crippen LogP contribution in [-0.4, -0.2) is 36.5 Å². The van der Waals surface area contributed by atoms with Gasteiger partial charge in [0.25, 0.3) is 0 Å². The summed E-state index contributed by atoms with van der Waals surface area (Å²) in [4.78, 5) is 11.4. The highest BCUT2D eigenvalue weighted by atomic mass is 16.3. The number of phenols is 1. The van der Waals surface area contributed by atoms with Gasteiger partial charge in [-0.3, -0.25) is 4.68 Å². The van der Waals surface area contributed by atoms with Crippen LogP contribution in [0.3, 0.4) is 0 Å². The molecule has 0 saturated heterocycles. The van der Waals surface area contributed by atoms with E-state index in [0.29, 0.717) is 17.9 Å². The van der Waals surface area contributed by atoms with E-state index >= 15 is 0 Å². The Labute approximate surface area is 157 Å². The molecule has 2 N–H and O–H groups in total. The number of fused-ring (bicyclic) bond motifs is 1. The molecule has 1 aliphatic heterocycles. The van der Waals surface area contributed by atoms with Crippen LogP contribution >= 0.6 is 0 Å². The highest BCUT2D eigenvalue weighted by Gasteiger charge is 2.25. The van der Waals surface area contributed by atoms with E-state index in [0.717, 1.165) is 42.3 Å². The first-order valence-electron chi connectivity index (χ1n) is 9.18. The zero-order chi connectivity index (χ0) is 19.0. The predicted molar refractivity (Wildman–Crippen MR) is 102 cm³/mol. The van der Waals surface area contributed by atoms with Gasteiger partial charge in [-0.15, -0.1) is 0 Å². The molecule has 3 heterocycles. The third-order valence-electron chi connectivity index (χ3n) is 4.98. The number of rotatable bonds is 4. The highest BCUT2D eigenvalue weighted by Crippen LogP contribution is 2.30. The SMILES string of the molecule is CCn1nc(CO)c2c1CCN(c1cc(C)nc(-c3ccccc3O)n1)C2. The summed E-state index contributed by atoms with van der Waals surface area (Å²) < 4.78 is 1.98. The number of aromatic nitrogens is 4. The molecule has 0 spiro atoms. The molecule has 0 unspecified atom stereocenters. The van der Waals surface area contributed by atoms with Crippen LogP contribution in [0.2, 0.25) is 0 Å². The summed E-state index contributed by atoms with van der Waals surface area (Å²) in [5.74, 6) is 1.50. The lowest BCUT2D eigenvalue weighted by molar-refractivity contribution is 0.274. The van der Waals surface area contributed by atoms with Gasteiger partial charge in [0.1, 0.15) is 11.6 Å². The van der Waals surface area contributed by atoms with Crippen molar-refractivity contribution in [2.24, 2.45) is 0 Å². The second-order valence-electron chi connectivity index (χ2n) is 6.73. The molecule has 2 aromatic heterocycles. The van der Waals surface area contributed by atoms with Crippen LogP contribution < -0.4 is 4.90 Å². The van der Waals surface area contributed by atoms with Gasteiger partial charge in [0, 0.05) is 49.1 Å². The van der Waals surface area contributed by atoms with Gasteiger partial charge >= 0.3 is 0 Å². The quantitative estimate of drug-likeness (QED) is 0.738. The molecule has 0 atom stereocenters. The largest absolute Gasteiger partial charge is 0.507 e. The van der Waals surface area contributed by atoms with Gasteiger partial charge in [0.2, 0.25) is 0 Å². The molecular formula is C20H23N5O2. The van der Waals surface area contributed by atoms with Crippen molar-refractivity contribution in [3.05, 3.63) is 53.0 Å². The molecule has 0 amide bonds. The van der Waals surface area contributed by atoms with E-state index in [9.17, 15) is 10.2 Å². The second kappa shape index (κ2) is 7.00. The molecule has 7 heteroatoms. The van der Waals surface area contributed by atoms with Crippen LogP contribution in [0.15, 0.2) is 30.3 Å². The van der Waals surface area contributed by atoms with Crippen molar-refractivity contribution in [2.75, 3.05) is 11.4 Å². The molecule has 1 aromatic carbocycles. The van der Waals surface area contributed by atoms with Crippen LogP contribution in [0.5, 0.6) is 5.75 Å². The number of aliphatic hydroxyl groups excluding tert-OH is 1. The normalized spacial score (nSPS) is 13.7. The number of aromatic hydroxyl groups is 1. The number of anilines is 1. The van der Waals surface area contributed by atoms with Crippen molar-refractivity contribution in [3.63, 3.8) is 0 Å². The summed E-state index contributed by atoms with van der Waals surface area (Å²) >= 11 is 0. The Morgan fingerprint density at radius 2 is 2.00 bits per heavy atom. The van der Waals surface area contributed by atoms with Crippen molar-refractivity contribution in [2.45, 2.75) is 40.0 Å². The van der Waals surface area contributed by atoms with E-state index in [4.69, 9.17) is 4.98 Å². The van der Waals surface area contributed by atoms with Crippen LogP contribution in [0.4, 0.5) is 5.82 Å². The maximum Gasteiger partial charge on any atom is 0.165 e. The fourth-order valence-electron chi connectivity index (χ4n) is 3.64. The Bertz CT molecular complexity index is 982. The van der Waals surface area contributed by atoms with Crippen LogP contribution in [0.25, 0.3) is 11.4 Å². The van der Waals surface area contributed by atoms with E-state index < -0.39 is 0 Å². The molecule has 0 aliphatic carbocycles. The first-order valence-corrected chi connectivity index (χ1v) is 9.18. The number of benzene rings is 1. The molecule has 1 aliphatic rings.